The molecule has 2 N–H and O–H groups in total. The lowest BCUT2D eigenvalue weighted by Crippen LogP contribution is -2.11. The highest BCUT2D eigenvalue weighted by Crippen LogP contribution is 2.34. The largest absolute Gasteiger partial charge is 0.366 e. The number of benzene rings is 2. The predicted molar refractivity (Wildman–Crippen MR) is 121 cm³/mol. The number of nitro groups is 1. The molecule has 0 spiro atoms. The molecule has 3 aromatic rings. The fraction of sp³-hybridized carbons (Fsp3) is 0.250. The van der Waals surface area contributed by atoms with Crippen LogP contribution in [0.3, 0.4) is 0 Å². The van der Waals surface area contributed by atoms with Gasteiger partial charge in [-0.15, -0.1) is 10.2 Å². The van der Waals surface area contributed by atoms with Gasteiger partial charge < -0.3 is 5.73 Å². The van der Waals surface area contributed by atoms with E-state index in [0.717, 1.165) is 14.4 Å². The Morgan fingerprint density at radius 1 is 1.10 bits per heavy atom. The maximum atomic E-state index is 11.3. The molecule has 30 heavy (non-hydrogen) atoms. The van der Waals surface area contributed by atoms with E-state index in [1.54, 1.807) is 17.8 Å². The highest BCUT2D eigenvalue weighted by Gasteiger charge is 2.17. The minimum absolute atomic E-state index is 0.117. The lowest BCUT2D eigenvalue weighted by atomic mass is 10.0. The average molecular weight is 461 g/mol. The molecule has 156 valence electrons. The minimum atomic E-state index is -0.693. The van der Waals surface area contributed by atoms with Crippen molar-refractivity contribution in [2.24, 2.45) is 5.73 Å². The first-order chi connectivity index (χ1) is 14.3. The second-order valence-corrected chi connectivity index (χ2v) is 10.2. The van der Waals surface area contributed by atoms with Gasteiger partial charge in [0.1, 0.15) is 0 Å². The number of nitrogens with two attached hydrogens (primary N) is 1. The number of aromatic nitrogens is 2. The smallest absolute Gasteiger partial charge is 0.274 e. The van der Waals surface area contributed by atoms with Crippen molar-refractivity contribution < 1.29 is 9.72 Å². The summed E-state index contributed by atoms with van der Waals surface area (Å²) < 4.78 is 1.59. The lowest BCUT2D eigenvalue weighted by Gasteiger charge is -2.06. The monoisotopic (exact) mass is 460 g/mol. The number of nitro benzene ring substituents is 1. The number of hydrogen-bond acceptors (Lipinski definition) is 8. The molecule has 1 aromatic heterocycles. The van der Waals surface area contributed by atoms with E-state index in [-0.39, 0.29) is 11.3 Å². The SMILES string of the molecule is CC(C)c1ccc(CSc2nnc(SCc3ccc(C(N)=O)cc3[N+](=O)[O-])s2)cc1. The number of primary amides is 1. The molecule has 0 bridgehead atoms. The van der Waals surface area contributed by atoms with E-state index in [2.05, 4.69) is 48.3 Å². The maximum Gasteiger partial charge on any atom is 0.274 e. The average Bonchev–Trinajstić information content (AvgIpc) is 3.18. The van der Waals surface area contributed by atoms with Gasteiger partial charge in [0.15, 0.2) is 8.68 Å². The van der Waals surface area contributed by atoms with E-state index in [1.807, 2.05) is 0 Å². The molecule has 0 aliphatic carbocycles. The normalized spacial score (nSPS) is 11.0. The third kappa shape index (κ3) is 5.80. The Kier molecular flexibility index (Phi) is 7.46. The van der Waals surface area contributed by atoms with E-state index < -0.39 is 10.8 Å². The van der Waals surface area contributed by atoms with Gasteiger partial charge in [0.05, 0.1) is 4.92 Å². The van der Waals surface area contributed by atoms with Gasteiger partial charge in [-0.05, 0) is 23.1 Å². The standard InChI is InChI=1S/C20H20N4O3S3/c1-12(2)14-5-3-13(4-6-14)10-28-19-22-23-20(30-19)29-11-16-8-7-15(18(21)25)9-17(16)24(26)27/h3-9,12H,10-11H2,1-2H3,(H2,21,25). The molecule has 0 saturated carbocycles. The van der Waals surface area contributed by atoms with Gasteiger partial charge in [-0.2, -0.15) is 0 Å². The van der Waals surface area contributed by atoms with Crippen LogP contribution in [0.1, 0.15) is 46.8 Å². The quantitative estimate of drug-likeness (QED) is 0.263. The molecular weight excluding hydrogens is 440 g/mol. The van der Waals surface area contributed by atoms with Crippen LogP contribution in [0.15, 0.2) is 51.1 Å². The van der Waals surface area contributed by atoms with Crippen LogP contribution in [0.25, 0.3) is 0 Å². The van der Waals surface area contributed by atoms with Crippen LogP contribution in [0.5, 0.6) is 0 Å². The fourth-order valence-electron chi connectivity index (χ4n) is 2.61. The highest BCUT2D eigenvalue weighted by molar-refractivity contribution is 8.02. The van der Waals surface area contributed by atoms with Crippen LogP contribution in [0, 0.1) is 10.1 Å². The van der Waals surface area contributed by atoms with E-state index >= 15 is 0 Å². The van der Waals surface area contributed by atoms with Crippen molar-refractivity contribution in [1.29, 1.82) is 0 Å². The molecule has 7 nitrogen and oxygen atoms in total. The van der Waals surface area contributed by atoms with Gasteiger partial charge in [0.25, 0.3) is 5.69 Å². The number of amides is 1. The van der Waals surface area contributed by atoms with Crippen LogP contribution in [0.2, 0.25) is 0 Å². The Hall–Kier alpha value is -2.43. The molecule has 0 saturated heterocycles. The van der Waals surface area contributed by atoms with Crippen molar-refractivity contribution in [2.75, 3.05) is 0 Å². The summed E-state index contributed by atoms with van der Waals surface area (Å²) in [6.07, 6.45) is 0. The van der Waals surface area contributed by atoms with Crippen molar-refractivity contribution >= 4 is 46.5 Å². The van der Waals surface area contributed by atoms with Crippen LogP contribution in [-0.2, 0) is 11.5 Å². The van der Waals surface area contributed by atoms with E-state index in [0.29, 0.717) is 17.2 Å². The van der Waals surface area contributed by atoms with Gasteiger partial charge in [-0.3, -0.25) is 14.9 Å². The van der Waals surface area contributed by atoms with Gasteiger partial charge in [0.2, 0.25) is 5.91 Å². The minimum Gasteiger partial charge on any atom is -0.366 e. The third-order valence-electron chi connectivity index (χ3n) is 4.31. The molecule has 0 aliphatic heterocycles. The van der Waals surface area contributed by atoms with Crippen LogP contribution < -0.4 is 5.73 Å². The van der Waals surface area contributed by atoms with Crippen molar-refractivity contribution in [1.82, 2.24) is 10.2 Å². The zero-order valence-electron chi connectivity index (χ0n) is 16.4. The number of thioether (sulfide) groups is 2. The molecule has 1 heterocycles. The first-order valence-electron chi connectivity index (χ1n) is 9.08. The first kappa shape index (κ1) is 22.3. The molecule has 10 heteroatoms. The summed E-state index contributed by atoms with van der Waals surface area (Å²) in [5, 5.41) is 19.7. The van der Waals surface area contributed by atoms with E-state index in [1.165, 1.54) is 46.4 Å². The van der Waals surface area contributed by atoms with Crippen LogP contribution in [-0.4, -0.2) is 21.0 Å². The Labute approximate surface area is 186 Å². The molecule has 0 unspecified atom stereocenters. The third-order valence-corrected chi connectivity index (χ3v) is 7.62. The van der Waals surface area contributed by atoms with Gasteiger partial charge >= 0.3 is 0 Å². The van der Waals surface area contributed by atoms with Gasteiger partial charge in [-0.1, -0.05) is 79.0 Å². The van der Waals surface area contributed by atoms with Crippen molar-refractivity contribution in [2.45, 2.75) is 40.0 Å². The summed E-state index contributed by atoms with van der Waals surface area (Å²) in [6.45, 7) is 4.34. The number of nitrogens with zero attached hydrogens (tertiary/aromatic N) is 3. The second-order valence-electron chi connectivity index (χ2n) is 6.77. The summed E-state index contributed by atoms with van der Waals surface area (Å²) in [5.74, 6) is 0.975. The van der Waals surface area contributed by atoms with E-state index in [4.69, 9.17) is 5.73 Å². The molecule has 0 atom stereocenters. The van der Waals surface area contributed by atoms with Crippen molar-refractivity contribution in [3.8, 4) is 0 Å². The summed E-state index contributed by atoms with van der Waals surface area (Å²) in [7, 11) is 0. The Morgan fingerprint density at radius 3 is 2.30 bits per heavy atom. The fourth-order valence-corrected chi connectivity index (χ4v) is 5.58. The van der Waals surface area contributed by atoms with Crippen molar-refractivity contribution in [3.63, 3.8) is 0 Å². The van der Waals surface area contributed by atoms with Gasteiger partial charge in [0, 0.05) is 28.7 Å². The Bertz CT molecular complexity index is 1050. The van der Waals surface area contributed by atoms with Crippen LogP contribution >= 0.6 is 34.9 Å². The number of rotatable bonds is 9. The molecule has 0 radical (unpaired) electrons. The predicted octanol–water partition coefficient (Wildman–Crippen LogP) is 5.25. The maximum absolute atomic E-state index is 11.3. The number of carbonyl (C=O) groups is 1. The molecule has 1 amide bonds. The van der Waals surface area contributed by atoms with Gasteiger partial charge in [-0.25, -0.2) is 0 Å². The van der Waals surface area contributed by atoms with Crippen molar-refractivity contribution in [3.05, 3.63) is 74.8 Å². The molecular formula is C20H20N4O3S3. The summed E-state index contributed by atoms with van der Waals surface area (Å²) >= 11 is 4.45. The topological polar surface area (TPSA) is 112 Å². The molecule has 3 rings (SSSR count). The second kappa shape index (κ2) is 10.1. The molecule has 0 fully saturated rings. The number of carbonyl (C=O) groups excluding carboxylic acids is 1. The lowest BCUT2D eigenvalue weighted by molar-refractivity contribution is -0.385. The summed E-state index contributed by atoms with van der Waals surface area (Å²) in [6, 6.07) is 12.8. The summed E-state index contributed by atoms with van der Waals surface area (Å²) in [4.78, 5) is 22.1. The molecule has 0 aliphatic rings. The summed E-state index contributed by atoms with van der Waals surface area (Å²) in [5.41, 5.74) is 8.24. The van der Waals surface area contributed by atoms with E-state index in [9.17, 15) is 14.9 Å². The highest BCUT2D eigenvalue weighted by atomic mass is 32.2. The molecule has 2 aromatic carbocycles. The zero-order chi connectivity index (χ0) is 21.7. The number of hydrogen-bond donors (Lipinski definition) is 1. The Balaban J connectivity index is 1.59. The first-order valence-corrected chi connectivity index (χ1v) is 11.9. The zero-order valence-corrected chi connectivity index (χ0v) is 18.9. The Morgan fingerprint density at radius 2 is 1.73 bits per heavy atom. The van der Waals surface area contributed by atoms with Crippen LogP contribution in [0.4, 0.5) is 5.69 Å².